The third-order valence-corrected chi connectivity index (χ3v) is 4.50. The zero-order valence-corrected chi connectivity index (χ0v) is 16.9. The van der Waals surface area contributed by atoms with Gasteiger partial charge in [0.1, 0.15) is 5.75 Å². The summed E-state index contributed by atoms with van der Waals surface area (Å²) in [5, 5.41) is 4.08. The Kier molecular flexibility index (Phi) is 6.80. The van der Waals surface area contributed by atoms with Crippen molar-refractivity contribution in [1.29, 1.82) is 0 Å². The van der Waals surface area contributed by atoms with E-state index in [2.05, 4.69) is 58.3 Å². The number of halogens is 3. The van der Waals surface area contributed by atoms with Crippen LogP contribution in [0.4, 0.5) is 0 Å². The van der Waals surface area contributed by atoms with Gasteiger partial charge in [-0.1, -0.05) is 44.0 Å². The van der Waals surface area contributed by atoms with Gasteiger partial charge in [-0.3, -0.25) is 4.79 Å². The topological polar surface area (TPSA) is 50.7 Å². The van der Waals surface area contributed by atoms with Gasteiger partial charge in [-0.05, 0) is 58.7 Å². The maximum atomic E-state index is 11.8. The van der Waals surface area contributed by atoms with Crippen LogP contribution in [0.3, 0.4) is 0 Å². The summed E-state index contributed by atoms with van der Waals surface area (Å²) in [7, 11) is 0. The molecule has 0 spiro atoms. The van der Waals surface area contributed by atoms with Crippen LogP contribution in [-0.2, 0) is 4.79 Å². The summed E-state index contributed by atoms with van der Waals surface area (Å²) in [6, 6.07) is 13.2. The van der Waals surface area contributed by atoms with Crippen LogP contribution >= 0.6 is 47.8 Å². The van der Waals surface area contributed by atoms with Crippen LogP contribution in [0.1, 0.15) is 12.5 Å². The highest BCUT2D eigenvalue weighted by atomic mass is 79.9. The van der Waals surface area contributed by atoms with E-state index in [9.17, 15) is 4.79 Å². The van der Waals surface area contributed by atoms with Gasteiger partial charge in [0.2, 0.25) is 0 Å². The van der Waals surface area contributed by atoms with Gasteiger partial charge in [-0.15, -0.1) is 0 Å². The fourth-order valence-electron chi connectivity index (χ4n) is 1.67. The number of rotatable bonds is 5. The van der Waals surface area contributed by atoms with Gasteiger partial charge in [0.15, 0.2) is 6.61 Å². The van der Waals surface area contributed by atoms with E-state index >= 15 is 0 Å². The standard InChI is InChI=1S/C16H13Br3N2O2/c1-10(11-2-4-12(17)5-3-11)20-21-16(22)9-23-15-7-6-13(18)8-14(15)19/h2-8H,9H2,1H3,(H,21,22)/b20-10+. The lowest BCUT2D eigenvalue weighted by Crippen LogP contribution is -2.25. The molecule has 0 aliphatic rings. The third-order valence-electron chi connectivity index (χ3n) is 2.86. The molecule has 2 aromatic carbocycles. The summed E-state index contributed by atoms with van der Waals surface area (Å²) < 4.78 is 8.14. The van der Waals surface area contributed by atoms with Crippen molar-refractivity contribution >= 4 is 59.4 Å². The van der Waals surface area contributed by atoms with E-state index in [-0.39, 0.29) is 12.5 Å². The largest absolute Gasteiger partial charge is 0.483 e. The molecular weight excluding hydrogens is 492 g/mol. The maximum Gasteiger partial charge on any atom is 0.277 e. The van der Waals surface area contributed by atoms with E-state index < -0.39 is 0 Å². The average Bonchev–Trinajstić information content (AvgIpc) is 2.52. The molecule has 4 nitrogen and oxygen atoms in total. The summed E-state index contributed by atoms with van der Waals surface area (Å²) >= 11 is 10.1. The average molecular weight is 505 g/mol. The molecule has 1 N–H and O–H groups in total. The maximum absolute atomic E-state index is 11.8. The monoisotopic (exact) mass is 502 g/mol. The molecule has 120 valence electrons. The molecule has 0 atom stereocenters. The Balaban J connectivity index is 1.89. The van der Waals surface area contributed by atoms with Crippen LogP contribution < -0.4 is 10.2 Å². The van der Waals surface area contributed by atoms with Gasteiger partial charge in [-0.25, -0.2) is 5.43 Å². The molecule has 23 heavy (non-hydrogen) atoms. The number of hydrogen-bond donors (Lipinski definition) is 1. The first-order valence-electron chi connectivity index (χ1n) is 6.62. The molecule has 0 aromatic heterocycles. The van der Waals surface area contributed by atoms with Crippen LogP contribution in [0.2, 0.25) is 0 Å². The van der Waals surface area contributed by atoms with Crippen LogP contribution in [0.25, 0.3) is 0 Å². The van der Waals surface area contributed by atoms with Gasteiger partial charge in [0.05, 0.1) is 10.2 Å². The fourth-order valence-corrected chi connectivity index (χ4v) is 3.10. The molecule has 0 saturated heterocycles. The Morgan fingerprint density at radius 2 is 1.74 bits per heavy atom. The van der Waals surface area contributed by atoms with Crippen LogP contribution in [0.5, 0.6) is 5.75 Å². The molecule has 2 aromatic rings. The van der Waals surface area contributed by atoms with Crippen LogP contribution in [-0.4, -0.2) is 18.2 Å². The molecule has 0 fully saturated rings. The first-order chi connectivity index (χ1) is 11.0. The summed E-state index contributed by atoms with van der Waals surface area (Å²) in [6.07, 6.45) is 0. The van der Waals surface area contributed by atoms with Crippen LogP contribution in [0, 0.1) is 0 Å². The minimum Gasteiger partial charge on any atom is -0.483 e. The minimum absolute atomic E-state index is 0.114. The third kappa shape index (κ3) is 5.75. The van der Waals surface area contributed by atoms with Gasteiger partial charge in [0.25, 0.3) is 5.91 Å². The van der Waals surface area contributed by atoms with Crippen LogP contribution in [0.15, 0.2) is 61.0 Å². The number of benzene rings is 2. The second-order valence-corrected chi connectivity index (χ2v) is 7.29. The number of ether oxygens (including phenoxy) is 1. The number of carbonyl (C=O) groups is 1. The Morgan fingerprint density at radius 3 is 2.39 bits per heavy atom. The van der Waals surface area contributed by atoms with Gasteiger partial charge >= 0.3 is 0 Å². The summed E-state index contributed by atoms with van der Waals surface area (Å²) in [5.74, 6) is 0.272. The smallest absolute Gasteiger partial charge is 0.277 e. The van der Waals surface area contributed by atoms with Gasteiger partial charge in [-0.2, -0.15) is 5.10 Å². The number of nitrogens with zero attached hydrogens (tertiary/aromatic N) is 1. The van der Waals surface area contributed by atoms with Gasteiger partial charge in [0, 0.05) is 8.95 Å². The van der Waals surface area contributed by atoms with Gasteiger partial charge < -0.3 is 4.74 Å². The molecular formula is C16H13Br3N2O2. The zero-order valence-electron chi connectivity index (χ0n) is 12.1. The SMILES string of the molecule is C/C(=N\NC(=O)COc1ccc(Br)cc1Br)c1ccc(Br)cc1. The quantitative estimate of drug-likeness (QED) is 0.465. The van der Waals surface area contributed by atoms with Crippen molar-refractivity contribution < 1.29 is 9.53 Å². The molecule has 0 heterocycles. The highest BCUT2D eigenvalue weighted by Crippen LogP contribution is 2.28. The lowest BCUT2D eigenvalue weighted by Gasteiger charge is -2.08. The Labute approximate surface area is 159 Å². The van der Waals surface area contributed by atoms with Crippen molar-refractivity contribution in [3.05, 3.63) is 61.4 Å². The summed E-state index contributed by atoms with van der Waals surface area (Å²) in [5.41, 5.74) is 4.14. The minimum atomic E-state index is -0.323. The zero-order chi connectivity index (χ0) is 16.8. The van der Waals surface area contributed by atoms with E-state index in [0.29, 0.717) is 5.75 Å². The molecule has 0 saturated carbocycles. The van der Waals surface area contributed by atoms with Crippen molar-refractivity contribution in [2.45, 2.75) is 6.92 Å². The van der Waals surface area contributed by atoms with E-state index in [4.69, 9.17) is 4.74 Å². The van der Waals surface area contributed by atoms with E-state index in [1.807, 2.05) is 43.3 Å². The second kappa shape index (κ2) is 8.61. The van der Waals surface area contributed by atoms with E-state index in [1.165, 1.54) is 0 Å². The Morgan fingerprint density at radius 1 is 1.09 bits per heavy atom. The first kappa shape index (κ1) is 18.2. The molecule has 0 radical (unpaired) electrons. The van der Waals surface area contributed by atoms with Crippen molar-refractivity contribution in [3.63, 3.8) is 0 Å². The molecule has 2 rings (SSSR count). The van der Waals surface area contributed by atoms with Crippen molar-refractivity contribution in [2.75, 3.05) is 6.61 Å². The molecule has 0 aliphatic heterocycles. The lowest BCUT2D eigenvalue weighted by molar-refractivity contribution is -0.123. The number of carbonyl (C=O) groups excluding carboxylic acids is 1. The lowest BCUT2D eigenvalue weighted by atomic mass is 10.1. The summed E-state index contributed by atoms with van der Waals surface area (Å²) in [6.45, 7) is 1.72. The fraction of sp³-hybridized carbons (Fsp3) is 0.125. The Hall–Kier alpha value is -1.18. The molecule has 0 aliphatic carbocycles. The molecule has 1 amide bonds. The van der Waals surface area contributed by atoms with Crippen molar-refractivity contribution in [3.8, 4) is 5.75 Å². The highest BCUT2D eigenvalue weighted by molar-refractivity contribution is 9.11. The first-order valence-corrected chi connectivity index (χ1v) is 9.00. The predicted octanol–water partition coefficient (Wildman–Crippen LogP) is 4.89. The second-order valence-electron chi connectivity index (χ2n) is 4.60. The number of nitrogens with one attached hydrogen (secondary N) is 1. The number of amides is 1. The normalized spacial score (nSPS) is 11.2. The molecule has 0 unspecified atom stereocenters. The molecule has 0 bridgehead atoms. The number of hydrazone groups is 1. The predicted molar refractivity (Wildman–Crippen MR) is 102 cm³/mol. The van der Waals surface area contributed by atoms with Crippen molar-refractivity contribution in [2.24, 2.45) is 5.10 Å². The van der Waals surface area contributed by atoms with E-state index in [0.717, 1.165) is 24.7 Å². The van der Waals surface area contributed by atoms with E-state index in [1.54, 1.807) is 6.07 Å². The highest BCUT2D eigenvalue weighted by Gasteiger charge is 2.06. The van der Waals surface area contributed by atoms with Crippen molar-refractivity contribution in [1.82, 2.24) is 5.43 Å². The number of hydrogen-bond acceptors (Lipinski definition) is 3. The Bertz CT molecular complexity index is 731. The molecule has 7 heteroatoms. The summed E-state index contributed by atoms with van der Waals surface area (Å²) in [4.78, 5) is 11.8.